The molecule has 0 heterocycles. The van der Waals surface area contributed by atoms with Gasteiger partial charge in [0.2, 0.25) is 21.8 Å². The maximum atomic E-state index is 14.0. The number of amides is 2. The Balaban J connectivity index is 1.54. The van der Waals surface area contributed by atoms with Crippen LogP contribution in [0.4, 0.5) is 5.69 Å². The smallest absolute Gasteiger partial charge is 0.244 e. The zero-order valence-electron chi connectivity index (χ0n) is 24.7. The molecule has 0 unspecified atom stereocenters. The lowest BCUT2D eigenvalue weighted by Gasteiger charge is -2.34. The van der Waals surface area contributed by atoms with Crippen molar-refractivity contribution < 1.29 is 22.7 Å². The summed E-state index contributed by atoms with van der Waals surface area (Å²) < 4.78 is 32.8. The van der Waals surface area contributed by atoms with Gasteiger partial charge in [0.1, 0.15) is 24.9 Å². The van der Waals surface area contributed by atoms with E-state index in [4.69, 9.17) is 16.3 Å². The highest BCUT2D eigenvalue weighted by molar-refractivity contribution is 7.92. The molecule has 1 aliphatic rings. The molecule has 2 amide bonds. The number of ether oxygens (including phenoxy) is 1. The molecule has 0 aliphatic heterocycles. The van der Waals surface area contributed by atoms with Crippen LogP contribution < -0.4 is 14.4 Å². The van der Waals surface area contributed by atoms with E-state index in [0.29, 0.717) is 29.5 Å². The number of hydrogen-bond donors (Lipinski definition) is 1. The lowest BCUT2D eigenvalue weighted by atomic mass is 9.95. The number of nitrogens with one attached hydrogen (secondary N) is 1. The molecule has 43 heavy (non-hydrogen) atoms. The molecular formula is C33H40ClN3O5S. The second-order valence-corrected chi connectivity index (χ2v) is 13.3. The summed E-state index contributed by atoms with van der Waals surface area (Å²) >= 11 is 6.08. The van der Waals surface area contributed by atoms with E-state index in [2.05, 4.69) is 5.32 Å². The second-order valence-electron chi connectivity index (χ2n) is 11.0. The number of carbonyl (C=O) groups is 2. The van der Waals surface area contributed by atoms with Gasteiger partial charge < -0.3 is 15.0 Å². The van der Waals surface area contributed by atoms with Gasteiger partial charge in [-0.05, 0) is 66.8 Å². The molecule has 0 radical (unpaired) electrons. The van der Waals surface area contributed by atoms with E-state index in [1.54, 1.807) is 48.5 Å². The highest BCUT2D eigenvalue weighted by atomic mass is 35.5. The summed E-state index contributed by atoms with van der Waals surface area (Å²) in [6.07, 6.45) is 6.57. The molecule has 0 spiro atoms. The Morgan fingerprint density at radius 1 is 0.930 bits per heavy atom. The zero-order chi connectivity index (χ0) is 30.8. The van der Waals surface area contributed by atoms with E-state index >= 15 is 0 Å². The molecule has 3 aromatic rings. The molecule has 0 aromatic heterocycles. The molecule has 0 bridgehead atoms. The summed E-state index contributed by atoms with van der Waals surface area (Å²) in [5.41, 5.74) is 2.12. The average Bonchev–Trinajstić information content (AvgIpc) is 3.00. The predicted octanol–water partition coefficient (Wildman–Crippen LogP) is 5.94. The maximum Gasteiger partial charge on any atom is 0.244 e. The molecule has 10 heteroatoms. The molecule has 1 saturated carbocycles. The number of benzene rings is 3. The minimum Gasteiger partial charge on any atom is -0.489 e. The first kappa shape index (κ1) is 32.4. The Bertz CT molecular complexity index is 1440. The first-order chi connectivity index (χ1) is 20.6. The van der Waals surface area contributed by atoms with Crippen LogP contribution >= 0.6 is 11.6 Å². The third-order valence-corrected chi connectivity index (χ3v) is 9.05. The summed E-state index contributed by atoms with van der Waals surface area (Å²) in [5, 5.41) is 3.70. The van der Waals surface area contributed by atoms with Gasteiger partial charge in [-0.3, -0.25) is 13.9 Å². The van der Waals surface area contributed by atoms with Crippen LogP contribution in [0, 0.1) is 0 Å². The molecule has 1 N–H and O–H groups in total. The molecule has 0 saturated heterocycles. The number of anilines is 1. The fourth-order valence-electron chi connectivity index (χ4n) is 5.31. The van der Waals surface area contributed by atoms with Crippen molar-refractivity contribution in [3.63, 3.8) is 0 Å². The summed E-state index contributed by atoms with van der Waals surface area (Å²) in [4.78, 5) is 29.0. The fraction of sp³-hybridized carbons (Fsp3) is 0.394. The Hall–Kier alpha value is -3.56. The van der Waals surface area contributed by atoms with Crippen LogP contribution in [0.15, 0.2) is 78.9 Å². The highest BCUT2D eigenvalue weighted by Crippen LogP contribution is 2.24. The van der Waals surface area contributed by atoms with Crippen molar-refractivity contribution in [2.45, 2.75) is 70.7 Å². The van der Waals surface area contributed by atoms with E-state index < -0.39 is 28.5 Å². The molecule has 1 aliphatic carbocycles. The fourth-order valence-corrected chi connectivity index (χ4v) is 6.29. The highest BCUT2D eigenvalue weighted by Gasteiger charge is 2.32. The topological polar surface area (TPSA) is 96.0 Å². The van der Waals surface area contributed by atoms with Crippen molar-refractivity contribution >= 4 is 39.1 Å². The van der Waals surface area contributed by atoms with Gasteiger partial charge in [-0.2, -0.15) is 0 Å². The number of sulfonamides is 1. The first-order valence-electron chi connectivity index (χ1n) is 14.7. The Morgan fingerprint density at radius 2 is 1.58 bits per heavy atom. The summed E-state index contributed by atoms with van der Waals surface area (Å²) in [6.45, 7) is 1.91. The van der Waals surface area contributed by atoms with Gasteiger partial charge in [0.05, 0.1) is 11.9 Å². The van der Waals surface area contributed by atoms with Gasteiger partial charge in [-0.25, -0.2) is 8.42 Å². The average molecular weight is 626 g/mol. The molecule has 8 nitrogen and oxygen atoms in total. The Morgan fingerprint density at radius 3 is 2.19 bits per heavy atom. The number of halogens is 1. The predicted molar refractivity (Wildman–Crippen MR) is 171 cm³/mol. The van der Waals surface area contributed by atoms with Gasteiger partial charge in [0, 0.05) is 17.6 Å². The quantitative estimate of drug-likeness (QED) is 0.254. The second kappa shape index (κ2) is 15.3. The normalized spacial score (nSPS) is 14.5. The first-order valence-corrected chi connectivity index (χ1v) is 17.0. The van der Waals surface area contributed by atoms with Crippen LogP contribution in [0.5, 0.6) is 5.75 Å². The van der Waals surface area contributed by atoms with E-state index in [1.165, 1.54) is 4.90 Å². The van der Waals surface area contributed by atoms with Crippen LogP contribution in [-0.4, -0.2) is 50.0 Å². The van der Waals surface area contributed by atoms with E-state index in [1.807, 2.05) is 37.3 Å². The minimum absolute atomic E-state index is 0.0814. The van der Waals surface area contributed by atoms with E-state index in [9.17, 15) is 18.0 Å². The van der Waals surface area contributed by atoms with Crippen molar-refractivity contribution in [3.05, 3.63) is 95.0 Å². The van der Waals surface area contributed by atoms with Crippen LogP contribution in [0.25, 0.3) is 0 Å². The monoisotopic (exact) mass is 625 g/mol. The summed E-state index contributed by atoms with van der Waals surface area (Å²) in [7, 11) is -3.84. The van der Waals surface area contributed by atoms with Gasteiger partial charge >= 0.3 is 0 Å². The standard InChI is InChI=1S/C33H40ClN3O5S/c1-3-31(33(39)35-28-12-8-5-9-13-28)36(22-25-14-16-27(34)17-15-25)32(38)23-37(43(2,40)41)29-18-20-30(21-19-29)42-24-26-10-6-4-7-11-26/h4,6-7,10-11,14-21,28,31H,3,5,8-9,12-13,22-24H2,1-2H3,(H,35,39)/t31-/m1/s1. The number of hydrogen-bond acceptors (Lipinski definition) is 5. The third kappa shape index (κ3) is 9.46. The minimum atomic E-state index is -3.84. The van der Waals surface area contributed by atoms with Crippen molar-refractivity contribution in [1.82, 2.24) is 10.2 Å². The van der Waals surface area contributed by atoms with Crippen molar-refractivity contribution in [2.24, 2.45) is 0 Å². The van der Waals surface area contributed by atoms with Crippen LogP contribution in [0.2, 0.25) is 5.02 Å². The third-order valence-electron chi connectivity index (χ3n) is 7.66. The molecule has 230 valence electrons. The molecule has 1 fully saturated rings. The van der Waals surface area contributed by atoms with Gasteiger partial charge in [-0.15, -0.1) is 0 Å². The van der Waals surface area contributed by atoms with Crippen LogP contribution in [0.1, 0.15) is 56.6 Å². The van der Waals surface area contributed by atoms with Crippen molar-refractivity contribution in [2.75, 3.05) is 17.1 Å². The SMILES string of the molecule is CC[C@H](C(=O)NC1CCCCC1)N(Cc1ccc(Cl)cc1)C(=O)CN(c1ccc(OCc2ccccc2)cc1)S(C)(=O)=O. The maximum absolute atomic E-state index is 14.0. The lowest BCUT2D eigenvalue weighted by molar-refractivity contribution is -0.140. The van der Waals surface area contributed by atoms with Gasteiger partial charge in [-0.1, -0.05) is 80.3 Å². The zero-order valence-corrected chi connectivity index (χ0v) is 26.3. The molecule has 3 aromatic carbocycles. The summed E-state index contributed by atoms with van der Waals surface area (Å²) in [6, 6.07) is 22.7. The number of rotatable bonds is 13. The Labute approximate surface area is 260 Å². The summed E-state index contributed by atoms with van der Waals surface area (Å²) in [5.74, 6) is -0.125. The largest absolute Gasteiger partial charge is 0.489 e. The van der Waals surface area contributed by atoms with Crippen molar-refractivity contribution in [3.8, 4) is 5.75 Å². The molecule has 4 rings (SSSR count). The van der Waals surface area contributed by atoms with Crippen molar-refractivity contribution in [1.29, 1.82) is 0 Å². The van der Waals surface area contributed by atoms with Gasteiger partial charge in [0.15, 0.2) is 0 Å². The van der Waals surface area contributed by atoms with Gasteiger partial charge in [0.25, 0.3) is 0 Å². The lowest BCUT2D eigenvalue weighted by Crippen LogP contribution is -2.53. The van der Waals surface area contributed by atoms with Crippen LogP contribution in [0.3, 0.4) is 0 Å². The van der Waals surface area contributed by atoms with Crippen LogP contribution in [-0.2, 0) is 32.8 Å². The molecule has 1 atom stereocenters. The number of nitrogens with zero attached hydrogens (tertiary/aromatic N) is 2. The number of carbonyl (C=O) groups excluding carboxylic acids is 2. The molecular weight excluding hydrogens is 586 g/mol. The Kier molecular flexibility index (Phi) is 11.5. The van der Waals surface area contributed by atoms with E-state index in [0.717, 1.165) is 53.8 Å². The van der Waals surface area contributed by atoms with E-state index in [-0.39, 0.29) is 18.5 Å².